The van der Waals surface area contributed by atoms with E-state index in [1.54, 1.807) is 0 Å². The van der Waals surface area contributed by atoms with E-state index in [9.17, 15) is 5.11 Å². The molecule has 30 heavy (non-hydrogen) atoms. The SMILES string of the molecule is Cc1ccc(C(OC[C@H](O)CNC(C)(C)Cc2ccc3ccccc3c2)C2CC2)s1. The van der Waals surface area contributed by atoms with Crippen molar-refractivity contribution in [1.29, 1.82) is 0 Å². The minimum absolute atomic E-state index is 0.107. The molecule has 3 aromatic rings. The number of benzene rings is 2. The van der Waals surface area contributed by atoms with E-state index in [2.05, 4.69) is 80.7 Å². The normalized spacial score (nSPS) is 16.7. The Balaban J connectivity index is 1.28. The highest BCUT2D eigenvalue weighted by Crippen LogP contribution is 2.45. The molecular formula is C26H33NO2S. The van der Waals surface area contributed by atoms with Crippen molar-refractivity contribution >= 4 is 22.1 Å². The zero-order valence-corrected chi connectivity index (χ0v) is 19.0. The average molecular weight is 424 g/mol. The molecule has 0 bridgehead atoms. The molecule has 2 N–H and O–H groups in total. The summed E-state index contributed by atoms with van der Waals surface area (Å²) in [5.41, 5.74) is 1.20. The highest BCUT2D eigenvalue weighted by atomic mass is 32.1. The second kappa shape index (κ2) is 9.19. The van der Waals surface area contributed by atoms with Crippen LogP contribution in [0.1, 0.15) is 48.1 Å². The van der Waals surface area contributed by atoms with E-state index in [1.807, 2.05) is 11.3 Å². The standard InChI is InChI=1S/C26H33NO2S/c1-18-8-13-24(30-18)25(21-11-12-21)29-17-23(28)16-27-26(2,3)15-19-9-10-20-6-4-5-7-22(20)14-19/h4-10,13-14,21,23,25,27-28H,11-12,15-17H2,1-3H3/t23-,25?/m1/s1. The largest absolute Gasteiger partial charge is 0.389 e. The first-order valence-electron chi connectivity index (χ1n) is 11.0. The van der Waals surface area contributed by atoms with E-state index in [0.717, 1.165) is 6.42 Å². The summed E-state index contributed by atoms with van der Waals surface area (Å²) in [6, 6.07) is 19.5. The monoisotopic (exact) mass is 423 g/mol. The van der Waals surface area contributed by atoms with Gasteiger partial charge in [-0.3, -0.25) is 0 Å². The van der Waals surface area contributed by atoms with Crippen molar-refractivity contribution < 1.29 is 9.84 Å². The van der Waals surface area contributed by atoms with Crippen molar-refractivity contribution in [1.82, 2.24) is 5.32 Å². The summed E-state index contributed by atoms with van der Waals surface area (Å²) in [7, 11) is 0. The molecule has 4 heteroatoms. The van der Waals surface area contributed by atoms with E-state index in [1.165, 1.54) is 38.9 Å². The van der Waals surface area contributed by atoms with Crippen LogP contribution in [0.2, 0.25) is 0 Å². The second-order valence-corrected chi connectivity index (χ2v) is 10.6. The molecule has 160 valence electrons. The molecule has 1 aliphatic rings. The number of aryl methyl sites for hydroxylation is 1. The van der Waals surface area contributed by atoms with Crippen LogP contribution < -0.4 is 5.32 Å². The van der Waals surface area contributed by atoms with Crippen LogP contribution >= 0.6 is 11.3 Å². The first kappa shape index (κ1) is 21.5. The number of ether oxygens (including phenoxy) is 1. The van der Waals surface area contributed by atoms with Gasteiger partial charge in [0.2, 0.25) is 0 Å². The van der Waals surface area contributed by atoms with Crippen LogP contribution in [0.5, 0.6) is 0 Å². The fourth-order valence-corrected chi connectivity index (χ4v) is 5.07. The third kappa shape index (κ3) is 5.70. The highest BCUT2D eigenvalue weighted by Gasteiger charge is 2.34. The van der Waals surface area contributed by atoms with Crippen LogP contribution in [0.15, 0.2) is 54.6 Å². The molecule has 0 radical (unpaired) electrons. The van der Waals surface area contributed by atoms with Gasteiger partial charge >= 0.3 is 0 Å². The quantitative estimate of drug-likeness (QED) is 0.443. The number of hydrogen-bond acceptors (Lipinski definition) is 4. The smallest absolute Gasteiger partial charge is 0.0946 e. The molecular weight excluding hydrogens is 390 g/mol. The Bertz CT molecular complexity index is 976. The number of aliphatic hydroxyl groups is 1. The van der Waals surface area contributed by atoms with E-state index >= 15 is 0 Å². The van der Waals surface area contributed by atoms with E-state index in [4.69, 9.17) is 4.74 Å². The predicted octanol–water partition coefficient (Wildman–Crippen LogP) is 5.65. The van der Waals surface area contributed by atoms with Crippen LogP contribution in [-0.2, 0) is 11.2 Å². The van der Waals surface area contributed by atoms with Crippen molar-refractivity contribution in [3.8, 4) is 0 Å². The average Bonchev–Trinajstić information content (AvgIpc) is 3.47. The van der Waals surface area contributed by atoms with Gasteiger partial charge in [-0.25, -0.2) is 0 Å². The Morgan fingerprint density at radius 1 is 1.10 bits per heavy atom. The summed E-state index contributed by atoms with van der Waals surface area (Å²) in [5.74, 6) is 0.618. The maximum absolute atomic E-state index is 10.5. The molecule has 0 saturated heterocycles. The molecule has 0 aliphatic heterocycles. The maximum atomic E-state index is 10.5. The Kier molecular flexibility index (Phi) is 6.59. The van der Waals surface area contributed by atoms with Crippen molar-refractivity contribution in [2.75, 3.05) is 13.2 Å². The Labute approximate surface area is 184 Å². The highest BCUT2D eigenvalue weighted by molar-refractivity contribution is 7.12. The maximum Gasteiger partial charge on any atom is 0.0946 e. The summed E-state index contributed by atoms with van der Waals surface area (Å²) in [6.07, 6.45) is 3.00. The molecule has 3 nitrogen and oxygen atoms in total. The van der Waals surface area contributed by atoms with Crippen molar-refractivity contribution in [2.45, 2.75) is 57.8 Å². The molecule has 1 unspecified atom stereocenters. The van der Waals surface area contributed by atoms with Crippen LogP contribution in [-0.4, -0.2) is 29.9 Å². The van der Waals surface area contributed by atoms with Crippen molar-refractivity contribution in [3.63, 3.8) is 0 Å². The van der Waals surface area contributed by atoms with Crippen LogP contribution in [0.4, 0.5) is 0 Å². The third-order valence-corrected chi connectivity index (χ3v) is 6.90. The van der Waals surface area contributed by atoms with Gasteiger partial charge in [-0.2, -0.15) is 0 Å². The topological polar surface area (TPSA) is 41.5 Å². The Morgan fingerprint density at radius 2 is 1.87 bits per heavy atom. The number of nitrogens with one attached hydrogen (secondary N) is 1. The fraction of sp³-hybridized carbons (Fsp3) is 0.462. The third-order valence-electron chi connectivity index (χ3n) is 5.84. The minimum Gasteiger partial charge on any atom is -0.389 e. The fourth-order valence-electron chi connectivity index (χ4n) is 4.05. The van der Waals surface area contributed by atoms with Crippen molar-refractivity contribution in [2.24, 2.45) is 5.92 Å². The summed E-state index contributed by atoms with van der Waals surface area (Å²) in [4.78, 5) is 2.61. The minimum atomic E-state index is -0.511. The summed E-state index contributed by atoms with van der Waals surface area (Å²) in [5, 5.41) is 16.6. The van der Waals surface area contributed by atoms with Gasteiger partial charge < -0.3 is 15.2 Å². The Morgan fingerprint density at radius 3 is 2.57 bits per heavy atom. The molecule has 0 amide bonds. The number of aliphatic hydroxyl groups excluding tert-OH is 1. The lowest BCUT2D eigenvalue weighted by atomic mass is 9.93. The summed E-state index contributed by atoms with van der Waals surface area (Å²) >= 11 is 1.81. The first-order chi connectivity index (χ1) is 14.4. The van der Waals surface area contributed by atoms with Crippen LogP contribution in [0.3, 0.4) is 0 Å². The number of hydrogen-bond donors (Lipinski definition) is 2. The van der Waals surface area contributed by atoms with Gasteiger partial charge in [0.25, 0.3) is 0 Å². The van der Waals surface area contributed by atoms with Gasteiger partial charge in [0, 0.05) is 21.8 Å². The summed E-state index contributed by atoms with van der Waals surface area (Å²) < 4.78 is 6.18. The zero-order chi connectivity index (χ0) is 21.1. The first-order valence-corrected chi connectivity index (χ1v) is 11.8. The summed E-state index contributed by atoms with van der Waals surface area (Å²) in [6.45, 7) is 7.42. The number of β-amino-alcohol motifs (C(OH)–C–C–N with tert-alkyl or cyclic N) is 1. The number of thiophene rings is 1. The molecule has 2 aromatic carbocycles. The second-order valence-electron chi connectivity index (χ2n) is 9.32. The van der Waals surface area contributed by atoms with Crippen molar-refractivity contribution in [3.05, 3.63) is 69.9 Å². The van der Waals surface area contributed by atoms with Gasteiger partial charge in [0.15, 0.2) is 0 Å². The Hall–Kier alpha value is -1.72. The van der Waals surface area contributed by atoms with E-state index < -0.39 is 6.10 Å². The molecule has 1 heterocycles. The van der Waals surface area contributed by atoms with Gasteiger partial charge in [0.1, 0.15) is 0 Å². The van der Waals surface area contributed by atoms with Gasteiger partial charge in [-0.1, -0.05) is 42.5 Å². The molecule has 1 aromatic heterocycles. The van der Waals surface area contributed by atoms with Crippen LogP contribution in [0.25, 0.3) is 10.8 Å². The molecule has 1 fully saturated rings. The predicted molar refractivity (Wildman–Crippen MR) is 126 cm³/mol. The zero-order valence-electron chi connectivity index (χ0n) is 18.2. The molecule has 1 aliphatic carbocycles. The molecule has 4 rings (SSSR count). The van der Waals surface area contributed by atoms with Gasteiger partial charge in [-0.15, -0.1) is 11.3 Å². The van der Waals surface area contributed by atoms with E-state index in [-0.39, 0.29) is 11.6 Å². The number of fused-ring (bicyclic) bond motifs is 1. The molecule has 1 saturated carbocycles. The van der Waals surface area contributed by atoms with Gasteiger partial charge in [0.05, 0.1) is 18.8 Å². The van der Waals surface area contributed by atoms with Crippen LogP contribution in [0, 0.1) is 12.8 Å². The molecule has 2 atom stereocenters. The lowest BCUT2D eigenvalue weighted by Crippen LogP contribution is -2.46. The lowest BCUT2D eigenvalue weighted by Gasteiger charge is -2.28. The van der Waals surface area contributed by atoms with E-state index in [0.29, 0.717) is 19.1 Å². The molecule has 0 spiro atoms. The number of rotatable bonds is 10. The van der Waals surface area contributed by atoms with Gasteiger partial charge in [-0.05, 0) is 74.4 Å². The lowest BCUT2D eigenvalue weighted by molar-refractivity contribution is -0.0196.